The van der Waals surface area contributed by atoms with Crippen LogP contribution in [0.1, 0.15) is 39.5 Å². The number of aryl methyl sites for hydroxylation is 1. The van der Waals surface area contributed by atoms with E-state index >= 15 is 0 Å². The smallest absolute Gasteiger partial charge is 0.243 e. The van der Waals surface area contributed by atoms with E-state index in [-0.39, 0.29) is 0 Å². The number of pyridine rings is 1. The molecule has 4 rings (SSSR count). The predicted molar refractivity (Wildman–Crippen MR) is 128 cm³/mol. The van der Waals surface area contributed by atoms with Gasteiger partial charge >= 0.3 is 0 Å². The second-order valence-corrected chi connectivity index (χ2v) is 10.2. The molecule has 0 saturated carbocycles. The number of hydrogen-bond donors (Lipinski definition) is 0. The van der Waals surface area contributed by atoms with Gasteiger partial charge in [-0.3, -0.25) is 4.98 Å². The Balaban J connectivity index is 1.70. The van der Waals surface area contributed by atoms with Crippen molar-refractivity contribution in [1.82, 2.24) is 23.7 Å². The van der Waals surface area contributed by atoms with Gasteiger partial charge in [-0.2, -0.15) is 4.31 Å². The summed E-state index contributed by atoms with van der Waals surface area (Å²) in [5.41, 5.74) is 2.45. The van der Waals surface area contributed by atoms with E-state index < -0.39 is 10.0 Å². The van der Waals surface area contributed by atoms with E-state index in [4.69, 9.17) is 4.98 Å². The minimum atomic E-state index is -3.49. The molecular weight excluding hydrogens is 422 g/mol. The fourth-order valence-corrected chi connectivity index (χ4v) is 5.97. The lowest BCUT2D eigenvalue weighted by Crippen LogP contribution is -2.35. The van der Waals surface area contributed by atoms with Crippen molar-refractivity contribution in [3.8, 4) is 11.5 Å². The lowest BCUT2D eigenvalue weighted by atomic mass is 10.2. The summed E-state index contributed by atoms with van der Waals surface area (Å²) >= 11 is 0. The summed E-state index contributed by atoms with van der Waals surface area (Å²) in [6, 6.07) is 11.2. The highest BCUT2D eigenvalue weighted by Crippen LogP contribution is 2.28. The second kappa shape index (κ2) is 10.1. The third-order valence-electron chi connectivity index (χ3n) is 6.32. The molecule has 0 spiro atoms. The molecule has 0 radical (unpaired) electrons. The number of imidazole rings is 1. The van der Waals surface area contributed by atoms with Crippen molar-refractivity contribution in [2.75, 3.05) is 32.7 Å². The van der Waals surface area contributed by atoms with Crippen LogP contribution in [0.25, 0.3) is 22.6 Å². The van der Waals surface area contributed by atoms with Gasteiger partial charge in [-0.15, -0.1) is 0 Å². The first-order valence-electron chi connectivity index (χ1n) is 11.7. The minimum Gasteiger partial charge on any atom is -0.323 e. The zero-order chi connectivity index (χ0) is 22.6. The Bertz CT molecular complexity index is 1130. The lowest BCUT2D eigenvalue weighted by Gasteiger charge is -2.25. The van der Waals surface area contributed by atoms with Crippen molar-refractivity contribution < 1.29 is 8.42 Å². The van der Waals surface area contributed by atoms with Crippen LogP contribution >= 0.6 is 0 Å². The molecule has 8 heteroatoms. The number of nitrogens with zero attached hydrogens (tertiary/aromatic N) is 5. The average molecular weight is 456 g/mol. The van der Waals surface area contributed by atoms with Crippen LogP contribution < -0.4 is 0 Å². The fourth-order valence-electron chi connectivity index (χ4n) is 4.43. The summed E-state index contributed by atoms with van der Waals surface area (Å²) in [7, 11) is -3.49. The van der Waals surface area contributed by atoms with Crippen molar-refractivity contribution in [3.63, 3.8) is 0 Å². The lowest BCUT2D eigenvalue weighted by molar-refractivity contribution is 0.294. The van der Waals surface area contributed by atoms with E-state index in [9.17, 15) is 8.42 Å². The van der Waals surface area contributed by atoms with Crippen LogP contribution in [0.4, 0.5) is 0 Å². The normalized spacial score (nSPS) is 15.6. The molecule has 2 aromatic heterocycles. The predicted octanol–water partition coefficient (Wildman–Crippen LogP) is 4.00. The molecule has 3 aromatic rings. The molecule has 3 heterocycles. The van der Waals surface area contributed by atoms with E-state index in [0.717, 1.165) is 68.9 Å². The van der Waals surface area contributed by atoms with Crippen LogP contribution in [0.2, 0.25) is 0 Å². The number of benzene rings is 1. The molecule has 1 saturated heterocycles. The summed E-state index contributed by atoms with van der Waals surface area (Å²) in [6.45, 7) is 9.43. The number of rotatable bonds is 9. The van der Waals surface area contributed by atoms with E-state index in [2.05, 4.69) is 28.3 Å². The van der Waals surface area contributed by atoms with Crippen LogP contribution in [-0.2, 0) is 16.6 Å². The van der Waals surface area contributed by atoms with Gasteiger partial charge in [0.1, 0.15) is 5.69 Å². The summed E-state index contributed by atoms with van der Waals surface area (Å²) < 4.78 is 30.1. The van der Waals surface area contributed by atoms with Gasteiger partial charge in [0.25, 0.3) is 0 Å². The molecule has 1 fully saturated rings. The van der Waals surface area contributed by atoms with Crippen LogP contribution in [0.3, 0.4) is 0 Å². The number of piperidine rings is 1. The van der Waals surface area contributed by atoms with E-state index in [0.29, 0.717) is 23.5 Å². The number of hydrogen-bond acceptors (Lipinski definition) is 5. The Morgan fingerprint density at radius 2 is 1.81 bits per heavy atom. The molecule has 172 valence electrons. The molecule has 0 amide bonds. The molecule has 32 heavy (non-hydrogen) atoms. The van der Waals surface area contributed by atoms with Crippen LogP contribution in [0, 0.1) is 0 Å². The van der Waals surface area contributed by atoms with Crippen LogP contribution in [-0.4, -0.2) is 64.9 Å². The van der Waals surface area contributed by atoms with Crippen molar-refractivity contribution in [2.45, 2.75) is 51.0 Å². The first-order valence-corrected chi connectivity index (χ1v) is 13.1. The first kappa shape index (κ1) is 22.9. The van der Waals surface area contributed by atoms with Crippen molar-refractivity contribution in [1.29, 1.82) is 0 Å². The van der Waals surface area contributed by atoms with Gasteiger partial charge < -0.3 is 9.47 Å². The maximum absolute atomic E-state index is 13.2. The van der Waals surface area contributed by atoms with E-state index in [1.165, 1.54) is 0 Å². The Morgan fingerprint density at radius 1 is 1.03 bits per heavy atom. The Morgan fingerprint density at radius 3 is 2.50 bits per heavy atom. The second-order valence-electron chi connectivity index (χ2n) is 8.30. The molecule has 0 unspecified atom stereocenters. The van der Waals surface area contributed by atoms with Crippen LogP contribution in [0.15, 0.2) is 47.5 Å². The van der Waals surface area contributed by atoms with Crippen molar-refractivity contribution in [2.24, 2.45) is 0 Å². The summed E-state index contributed by atoms with van der Waals surface area (Å²) in [6.07, 6.45) is 5.69. The van der Waals surface area contributed by atoms with Gasteiger partial charge in [0.05, 0.1) is 15.9 Å². The first-order chi connectivity index (χ1) is 15.5. The fraction of sp³-hybridized carbons (Fsp3) is 0.500. The summed E-state index contributed by atoms with van der Waals surface area (Å²) in [5.74, 6) is 0.785. The zero-order valence-corrected chi connectivity index (χ0v) is 19.9. The highest BCUT2D eigenvalue weighted by molar-refractivity contribution is 7.89. The summed E-state index contributed by atoms with van der Waals surface area (Å²) in [5, 5.41) is 0. The summed E-state index contributed by atoms with van der Waals surface area (Å²) in [4.78, 5) is 12.1. The SMILES string of the molecule is CCN(CC)CCCn1c(-c2ccccn2)nc2cc(S(=O)(=O)N3CCCCC3)ccc21. The molecule has 0 N–H and O–H groups in total. The molecule has 1 aliphatic rings. The molecule has 7 nitrogen and oxygen atoms in total. The molecule has 1 aliphatic heterocycles. The molecule has 0 atom stereocenters. The molecule has 0 bridgehead atoms. The van der Waals surface area contributed by atoms with Gasteiger partial charge in [0, 0.05) is 25.8 Å². The third kappa shape index (κ3) is 4.72. The Hall–Kier alpha value is -2.29. The molecular formula is C24H33N5O2S. The standard InChI is InChI=1S/C24H33N5O2S/c1-3-27(4-2)15-10-18-29-23-13-12-20(32(30,31)28-16-8-5-9-17-28)19-22(23)26-24(29)21-11-6-7-14-25-21/h6-7,11-14,19H,3-5,8-10,15-18H2,1-2H3. The minimum absolute atomic E-state index is 0.326. The third-order valence-corrected chi connectivity index (χ3v) is 8.21. The van der Waals surface area contributed by atoms with Gasteiger partial charge in [-0.25, -0.2) is 13.4 Å². The van der Waals surface area contributed by atoms with Gasteiger partial charge in [0.2, 0.25) is 10.0 Å². The average Bonchev–Trinajstić information content (AvgIpc) is 3.21. The van der Waals surface area contributed by atoms with Crippen molar-refractivity contribution >= 4 is 21.1 Å². The van der Waals surface area contributed by atoms with Gasteiger partial charge in [0.15, 0.2) is 5.82 Å². The number of aromatic nitrogens is 3. The maximum atomic E-state index is 13.2. The molecule has 1 aromatic carbocycles. The Labute approximate surface area is 191 Å². The zero-order valence-electron chi connectivity index (χ0n) is 19.1. The van der Waals surface area contributed by atoms with E-state index in [1.807, 2.05) is 24.3 Å². The quantitative estimate of drug-likeness (QED) is 0.488. The monoisotopic (exact) mass is 455 g/mol. The Kier molecular flexibility index (Phi) is 7.23. The van der Waals surface area contributed by atoms with E-state index in [1.54, 1.807) is 22.6 Å². The largest absolute Gasteiger partial charge is 0.323 e. The van der Waals surface area contributed by atoms with Crippen LogP contribution in [0.5, 0.6) is 0 Å². The number of fused-ring (bicyclic) bond motifs is 1. The highest BCUT2D eigenvalue weighted by atomic mass is 32.2. The van der Waals surface area contributed by atoms with Crippen molar-refractivity contribution in [3.05, 3.63) is 42.6 Å². The number of sulfonamides is 1. The van der Waals surface area contributed by atoms with Gasteiger partial charge in [-0.1, -0.05) is 26.3 Å². The van der Waals surface area contributed by atoms with Gasteiger partial charge in [-0.05, 0) is 69.2 Å². The molecule has 0 aliphatic carbocycles. The maximum Gasteiger partial charge on any atom is 0.243 e. The topological polar surface area (TPSA) is 71.3 Å². The highest BCUT2D eigenvalue weighted by Gasteiger charge is 2.27.